The number of likely N-dealkylation sites (tertiary alicyclic amines) is 1. The quantitative estimate of drug-likeness (QED) is 0.352. The molecule has 3 heterocycles. The van der Waals surface area contributed by atoms with E-state index in [-0.39, 0.29) is 7.33 Å². The van der Waals surface area contributed by atoms with Crippen molar-refractivity contribution in [1.82, 2.24) is 20.1 Å². The van der Waals surface area contributed by atoms with Crippen LogP contribution in [-0.4, -0.2) is 51.5 Å². The molecule has 3 N–H and O–H groups in total. The highest BCUT2D eigenvalue weighted by atomic mass is 16.1. The molecular formula is C25H36N6O. The number of rotatable bonds is 6. The van der Waals surface area contributed by atoms with E-state index in [2.05, 4.69) is 35.6 Å². The Morgan fingerprint density at radius 3 is 2.78 bits per heavy atom. The number of hydrogen-bond donors (Lipinski definition) is 3. The number of pyridine rings is 1. The van der Waals surface area contributed by atoms with Crippen LogP contribution in [0.3, 0.4) is 0 Å². The van der Waals surface area contributed by atoms with Crippen LogP contribution >= 0.6 is 0 Å². The fraction of sp³-hybridized carbons (Fsp3) is 0.440. The van der Waals surface area contributed by atoms with Gasteiger partial charge < -0.3 is 10.2 Å². The molecule has 0 unspecified atom stereocenters. The number of carbonyl (C=O) groups excluding carboxylic acids is 1. The van der Waals surface area contributed by atoms with E-state index in [0.29, 0.717) is 29.1 Å². The van der Waals surface area contributed by atoms with Crippen molar-refractivity contribution in [2.45, 2.75) is 59.0 Å². The zero-order chi connectivity index (χ0) is 23.3. The molecule has 7 nitrogen and oxygen atoms in total. The lowest BCUT2D eigenvalue weighted by Gasteiger charge is -2.31. The second-order valence-electron chi connectivity index (χ2n) is 8.74. The van der Waals surface area contributed by atoms with Gasteiger partial charge in [0.05, 0.1) is 0 Å². The molecule has 7 heteroatoms. The molecule has 0 aliphatic carbocycles. The Kier molecular flexibility index (Phi) is 7.75. The first-order valence-corrected chi connectivity index (χ1v) is 11.3. The maximum atomic E-state index is 12.6. The minimum Gasteiger partial charge on any atom is -0.321 e. The van der Waals surface area contributed by atoms with Gasteiger partial charge in [-0.1, -0.05) is 18.7 Å². The van der Waals surface area contributed by atoms with Gasteiger partial charge in [0.25, 0.3) is 5.91 Å². The molecular weight excluding hydrogens is 400 g/mol. The van der Waals surface area contributed by atoms with Crippen LogP contribution in [0.5, 0.6) is 0 Å². The van der Waals surface area contributed by atoms with Crippen LogP contribution in [0.25, 0.3) is 0 Å². The Morgan fingerprint density at radius 1 is 1.28 bits per heavy atom. The Hall–Kier alpha value is -3.06. The van der Waals surface area contributed by atoms with Crippen LogP contribution in [0.4, 0.5) is 0 Å². The summed E-state index contributed by atoms with van der Waals surface area (Å²) < 4.78 is 0. The lowest BCUT2D eigenvalue weighted by molar-refractivity contribution is 0.0962. The summed E-state index contributed by atoms with van der Waals surface area (Å²) >= 11 is 0. The fourth-order valence-corrected chi connectivity index (χ4v) is 3.96. The number of nitrogens with one attached hydrogen (secondary N) is 3. The second kappa shape index (κ2) is 10.5. The van der Waals surface area contributed by atoms with Gasteiger partial charge in [-0.05, 0) is 68.9 Å². The third-order valence-corrected chi connectivity index (χ3v) is 6.02. The number of carbonyl (C=O) groups is 1. The molecule has 172 valence electrons. The normalized spacial score (nSPS) is 17.6. The molecule has 2 aliphatic heterocycles. The summed E-state index contributed by atoms with van der Waals surface area (Å²) in [6.45, 7) is 12.7. The molecule has 0 bridgehead atoms. The molecule has 1 saturated heterocycles. The highest BCUT2D eigenvalue weighted by Crippen LogP contribution is 2.20. The van der Waals surface area contributed by atoms with Crippen LogP contribution in [0, 0.1) is 10.8 Å². The van der Waals surface area contributed by atoms with Gasteiger partial charge in [0.2, 0.25) is 0 Å². The van der Waals surface area contributed by atoms with Gasteiger partial charge in [-0.3, -0.25) is 25.5 Å². The van der Waals surface area contributed by atoms with Crippen molar-refractivity contribution in [2.24, 2.45) is 0 Å². The van der Waals surface area contributed by atoms with E-state index in [1.807, 2.05) is 19.2 Å². The first-order chi connectivity index (χ1) is 15.3. The summed E-state index contributed by atoms with van der Waals surface area (Å²) in [5.41, 5.74) is 3.98. The molecule has 1 fully saturated rings. The van der Waals surface area contributed by atoms with Gasteiger partial charge in [-0.25, -0.2) is 0 Å². The fourth-order valence-electron chi connectivity index (χ4n) is 3.96. The Bertz CT molecular complexity index is 981. The number of fused-ring (bicyclic) bond motifs is 1. The third kappa shape index (κ3) is 5.79. The molecule has 0 spiro atoms. The smallest absolute Gasteiger partial charge is 0.274 e. The lowest BCUT2D eigenvalue weighted by Crippen LogP contribution is -2.39. The van der Waals surface area contributed by atoms with Gasteiger partial charge in [-0.15, -0.1) is 0 Å². The van der Waals surface area contributed by atoms with E-state index in [0.717, 1.165) is 56.5 Å². The number of amidine groups is 2. The number of allylic oxidation sites excluding steroid dienone is 3. The van der Waals surface area contributed by atoms with Gasteiger partial charge >= 0.3 is 0 Å². The predicted octanol–water partition coefficient (Wildman–Crippen LogP) is 4.28. The van der Waals surface area contributed by atoms with Crippen LogP contribution in [-0.2, 0) is 13.0 Å². The Morgan fingerprint density at radius 2 is 2.06 bits per heavy atom. The van der Waals surface area contributed by atoms with Crippen molar-refractivity contribution in [3.05, 3.63) is 65.2 Å². The summed E-state index contributed by atoms with van der Waals surface area (Å²) in [6, 6.07) is 2.35. The molecule has 1 aromatic heterocycles. The van der Waals surface area contributed by atoms with Crippen molar-refractivity contribution in [3.8, 4) is 0 Å². The van der Waals surface area contributed by atoms with Gasteiger partial charge in [0, 0.05) is 45.4 Å². The topological polar surface area (TPSA) is 96.2 Å². The first-order valence-electron chi connectivity index (χ1n) is 11.3. The van der Waals surface area contributed by atoms with Crippen LogP contribution < -0.4 is 5.32 Å². The third-order valence-electron chi connectivity index (χ3n) is 6.02. The lowest BCUT2D eigenvalue weighted by atomic mass is 10.00. The van der Waals surface area contributed by atoms with Crippen molar-refractivity contribution in [2.75, 3.05) is 13.1 Å². The first kappa shape index (κ1) is 23.6. The molecule has 1 amide bonds. The number of hydrogen-bond acceptors (Lipinski definition) is 5. The van der Waals surface area contributed by atoms with Gasteiger partial charge in [0.15, 0.2) is 0 Å². The van der Waals surface area contributed by atoms with Crippen LogP contribution in [0.15, 0.2) is 48.3 Å². The van der Waals surface area contributed by atoms with Crippen molar-refractivity contribution in [1.29, 1.82) is 10.8 Å². The minimum absolute atomic E-state index is 0. The molecule has 0 radical (unpaired) electrons. The summed E-state index contributed by atoms with van der Waals surface area (Å²) in [5, 5.41) is 19.1. The van der Waals surface area contributed by atoms with E-state index >= 15 is 0 Å². The maximum absolute atomic E-state index is 12.6. The molecule has 2 aliphatic rings. The summed E-state index contributed by atoms with van der Waals surface area (Å²) in [6.07, 6.45) is 10.8. The average molecular weight is 437 g/mol. The van der Waals surface area contributed by atoms with E-state index in [1.54, 1.807) is 23.1 Å². The SMILES string of the molecule is C=C(/C=C\C=C(/C)C(=N)N1CCCCC1=N)NC(=O)c1cc2c(cn1)CCN(C(C)C)C2.[HH]. The van der Waals surface area contributed by atoms with E-state index in [1.165, 1.54) is 5.56 Å². The second-order valence-corrected chi connectivity index (χ2v) is 8.74. The zero-order valence-electron chi connectivity index (χ0n) is 19.4. The molecule has 32 heavy (non-hydrogen) atoms. The average Bonchev–Trinajstić information content (AvgIpc) is 2.77. The molecule has 3 rings (SSSR count). The summed E-state index contributed by atoms with van der Waals surface area (Å²) in [5.74, 6) is 0.575. The van der Waals surface area contributed by atoms with Crippen LogP contribution in [0.1, 0.15) is 63.1 Å². The summed E-state index contributed by atoms with van der Waals surface area (Å²) in [4.78, 5) is 21.1. The molecule has 0 aromatic carbocycles. The van der Waals surface area contributed by atoms with Crippen LogP contribution in [0.2, 0.25) is 0 Å². The predicted molar refractivity (Wildman–Crippen MR) is 131 cm³/mol. The van der Waals surface area contributed by atoms with Gasteiger partial charge in [0.1, 0.15) is 17.4 Å². The molecule has 1 aromatic rings. The maximum Gasteiger partial charge on any atom is 0.274 e. The Labute approximate surface area is 192 Å². The van der Waals surface area contributed by atoms with Crippen molar-refractivity contribution < 1.29 is 6.22 Å². The van der Waals surface area contributed by atoms with E-state index in [4.69, 9.17) is 10.8 Å². The Balaban J connectivity index is 0.00000385. The number of amides is 1. The molecule has 0 saturated carbocycles. The number of nitrogens with zero attached hydrogens (tertiary/aromatic N) is 3. The summed E-state index contributed by atoms with van der Waals surface area (Å²) in [7, 11) is 0. The highest BCUT2D eigenvalue weighted by molar-refractivity contribution is 6.06. The number of piperidine rings is 1. The van der Waals surface area contributed by atoms with E-state index in [9.17, 15) is 4.79 Å². The van der Waals surface area contributed by atoms with Gasteiger partial charge in [-0.2, -0.15) is 0 Å². The minimum atomic E-state index is -0.278. The standard InChI is InChI=1S/C25H34N6O.H2/c1-17(2)30-13-11-20-15-28-22(14-21(20)16-30)25(32)29-19(4)9-7-8-18(3)24(27)31-12-6-5-10-23(31)26;/h7-9,14-15,17,26-27H,4-6,10-13,16H2,1-3H3,(H,29,32);1H/b9-7-,18-8+,26-23?,27-24?;. The van der Waals surface area contributed by atoms with Crippen molar-refractivity contribution in [3.63, 3.8) is 0 Å². The molecule has 0 atom stereocenters. The van der Waals surface area contributed by atoms with E-state index < -0.39 is 0 Å². The zero-order valence-corrected chi connectivity index (χ0v) is 19.4. The van der Waals surface area contributed by atoms with Crippen molar-refractivity contribution >= 4 is 17.6 Å². The highest BCUT2D eigenvalue weighted by Gasteiger charge is 2.21. The monoisotopic (exact) mass is 436 g/mol. The largest absolute Gasteiger partial charge is 0.321 e. The number of aromatic nitrogens is 1.